The third-order valence-electron chi connectivity index (χ3n) is 19.4. The zero-order valence-corrected chi connectivity index (χ0v) is 60.3. The highest BCUT2D eigenvalue weighted by atomic mass is 16.7. The van der Waals surface area contributed by atoms with Gasteiger partial charge in [-0.05, 0) is 51.4 Å². The predicted octanol–water partition coefficient (Wildman–Crippen LogP) is 21.5. The molecule has 8 unspecified atom stereocenters. The van der Waals surface area contributed by atoms with Crippen molar-refractivity contribution in [3.05, 3.63) is 24.3 Å². The number of unbranched alkanes of at least 4 members (excludes halogenated alkanes) is 55. The maximum Gasteiger partial charge on any atom is 0.306 e. The van der Waals surface area contributed by atoms with Crippen LogP contribution in [0.1, 0.15) is 412 Å². The van der Waals surface area contributed by atoms with Crippen LogP contribution < -0.4 is 5.32 Å². The molecule has 0 aromatic carbocycles. The number of esters is 1. The SMILES string of the molecule is CCCCCCCC/C=C/CCCCCCCCCCCCCCCCCC(=O)OC1C(OCC(NC(=O)C(O)CCCCCCCCCCCCCCCCCCCCCCCCCC)C(O)/C=C/CCCCCCCCCCCCC)OC(CO)C(O)C1O. The summed E-state index contributed by atoms with van der Waals surface area (Å²) in [4.78, 5) is 26.8. The third-order valence-corrected chi connectivity index (χ3v) is 19.4. The molecule has 11 heteroatoms. The Morgan fingerprint density at radius 2 is 0.725 bits per heavy atom. The van der Waals surface area contributed by atoms with E-state index in [1.54, 1.807) is 6.08 Å². The van der Waals surface area contributed by atoms with Crippen molar-refractivity contribution < 1.29 is 49.3 Å². The smallest absolute Gasteiger partial charge is 0.306 e. The molecule has 1 fully saturated rings. The van der Waals surface area contributed by atoms with Crippen LogP contribution in [0.3, 0.4) is 0 Å². The van der Waals surface area contributed by atoms with Gasteiger partial charge in [0.2, 0.25) is 5.91 Å². The zero-order valence-electron chi connectivity index (χ0n) is 60.3. The topological polar surface area (TPSA) is 175 Å². The van der Waals surface area contributed by atoms with E-state index in [4.69, 9.17) is 14.2 Å². The van der Waals surface area contributed by atoms with Crippen LogP contribution >= 0.6 is 0 Å². The Morgan fingerprint density at radius 1 is 0.418 bits per heavy atom. The van der Waals surface area contributed by atoms with Crippen LogP contribution in [-0.2, 0) is 23.8 Å². The molecule has 0 aliphatic carbocycles. The van der Waals surface area contributed by atoms with Gasteiger partial charge in [-0.25, -0.2) is 0 Å². The molecule has 0 bridgehead atoms. The second-order valence-corrected chi connectivity index (χ2v) is 28.2. The Bertz CT molecular complexity index is 1580. The summed E-state index contributed by atoms with van der Waals surface area (Å²) in [5.41, 5.74) is 0. The van der Waals surface area contributed by atoms with Gasteiger partial charge in [0.1, 0.15) is 24.4 Å². The minimum atomic E-state index is -1.61. The van der Waals surface area contributed by atoms with Crippen LogP contribution in [0.25, 0.3) is 0 Å². The fraction of sp³-hybridized carbons (Fsp3) is 0.925. The summed E-state index contributed by atoms with van der Waals surface area (Å²) >= 11 is 0. The highest BCUT2D eigenvalue weighted by molar-refractivity contribution is 5.80. The summed E-state index contributed by atoms with van der Waals surface area (Å²) in [7, 11) is 0. The van der Waals surface area contributed by atoms with E-state index in [1.165, 1.54) is 308 Å². The van der Waals surface area contributed by atoms with Crippen LogP contribution in [0, 0.1) is 0 Å². The highest BCUT2D eigenvalue weighted by Crippen LogP contribution is 2.27. The maximum absolute atomic E-state index is 13.5. The summed E-state index contributed by atoms with van der Waals surface area (Å²) in [6.07, 6.45) is 73.8. The normalized spacial score (nSPS) is 18.0. The molecule has 0 saturated carbocycles. The van der Waals surface area contributed by atoms with Crippen molar-refractivity contribution in [3.63, 3.8) is 0 Å². The lowest BCUT2D eigenvalue weighted by molar-refractivity contribution is -0.305. The second kappa shape index (κ2) is 68.1. The first-order valence-electron chi connectivity index (χ1n) is 40.1. The van der Waals surface area contributed by atoms with E-state index < -0.39 is 67.4 Å². The molecular formula is C80H153NO10. The van der Waals surface area contributed by atoms with Gasteiger partial charge in [-0.1, -0.05) is 379 Å². The number of rotatable bonds is 71. The molecule has 1 rings (SSSR count). The Kier molecular flexibility index (Phi) is 65.2. The van der Waals surface area contributed by atoms with Crippen molar-refractivity contribution in [3.8, 4) is 0 Å². The van der Waals surface area contributed by atoms with Gasteiger partial charge >= 0.3 is 5.97 Å². The summed E-state index contributed by atoms with van der Waals surface area (Å²) in [6, 6.07) is -1.02. The van der Waals surface area contributed by atoms with Gasteiger partial charge in [0, 0.05) is 6.42 Å². The largest absolute Gasteiger partial charge is 0.454 e. The summed E-state index contributed by atoms with van der Waals surface area (Å²) < 4.78 is 17.8. The van der Waals surface area contributed by atoms with Gasteiger partial charge in [0.05, 0.1) is 25.4 Å². The lowest BCUT2D eigenvalue weighted by atomic mass is 9.99. The zero-order chi connectivity index (χ0) is 66.0. The van der Waals surface area contributed by atoms with Gasteiger partial charge in [-0.3, -0.25) is 9.59 Å². The van der Waals surface area contributed by atoms with Crippen LogP contribution in [0.2, 0.25) is 0 Å². The average Bonchev–Trinajstić information content (AvgIpc) is 1.09. The third kappa shape index (κ3) is 54.9. The summed E-state index contributed by atoms with van der Waals surface area (Å²) in [5.74, 6) is -1.17. The molecule has 8 atom stereocenters. The average molecular weight is 1290 g/mol. The number of carbonyl (C=O) groups excluding carboxylic acids is 2. The molecule has 1 heterocycles. The van der Waals surface area contributed by atoms with Gasteiger partial charge < -0.3 is 45.1 Å². The number of nitrogens with one attached hydrogen (secondary N) is 1. The minimum Gasteiger partial charge on any atom is -0.454 e. The molecule has 1 aliphatic rings. The molecule has 1 saturated heterocycles. The molecule has 6 N–H and O–H groups in total. The summed E-state index contributed by atoms with van der Waals surface area (Å²) in [6.45, 7) is 5.88. The van der Waals surface area contributed by atoms with E-state index in [1.807, 2.05) is 6.08 Å². The van der Waals surface area contributed by atoms with Crippen molar-refractivity contribution >= 4 is 11.9 Å². The van der Waals surface area contributed by atoms with Gasteiger partial charge in [-0.2, -0.15) is 0 Å². The maximum atomic E-state index is 13.5. The Morgan fingerprint density at radius 3 is 1.07 bits per heavy atom. The van der Waals surface area contributed by atoms with E-state index in [9.17, 15) is 35.1 Å². The molecule has 0 aromatic heterocycles. The van der Waals surface area contributed by atoms with Crippen LogP contribution in [-0.4, -0.2) is 99.6 Å². The number of ether oxygens (including phenoxy) is 3. The number of aliphatic hydroxyl groups excluding tert-OH is 5. The number of amides is 1. The highest BCUT2D eigenvalue weighted by Gasteiger charge is 2.47. The van der Waals surface area contributed by atoms with Crippen LogP contribution in [0.4, 0.5) is 0 Å². The molecule has 0 radical (unpaired) electrons. The standard InChI is InChI=1S/C80H153NO10/c1-4-7-10-13-16-19-22-25-27-29-31-33-35-37-39-41-43-45-47-50-53-56-59-62-65-68-75(85)91-78-77(87)76(86)74(69-82)90-80(78)89-70-71(72(83)66-63-60-57-54-51-48-24-21-18-15-12-9-6-3)81-79(88)73(84)67-64-61-58-55-52-49-46-44-42-40-38-36-34-32-30-28-26-23-20-17-14-11-8-5-2/h25,27,63,66,71-74,76-78,80,82-84,86-87H,4-24,26,28-62,64-65,67-70H2,1-3H3,(H,81,88)/b27-25+,66-63+. The first-order valence-corrected chi connectivity index (χ1v) is 40.1. The Balaban J connectivity index is 2.50. The van der Waals surface area contributed by atoms with E-state index in [0.29, 0.717) is 19.3 Å². The number of allylic oxidation sites excluding steroid dienone is 3. The predicted molar refractivity (Wildman–Crippen MR) is 384 cm³/mol. The van der Waals surface area contributed by atoms with Gasteiger partial charge in [-0.15, -0.1) is 0 Å². The van der Waals surface area contributed by atoms with E-state index >= 15 is 0 Å². The van der Waals surface area contributed by atoms with Gasteiger partial charge in [0.25, 0.3) is 0 Å². The number of carbonyl (C=O) groups is 2. The lowest BCUT2D eigenvalue weighted by Crippen LogP contribution is -2.61. The first-order chi connectivity index (χ1) is 44.7. The van der Waals surface area contributed by atoms with Gasteiger partial charge in [0.15, 0.2) is 12.4 Å². The Labute approximate surface area is 562 Å². The molecule has 0 spiro atoms. The fourth-order valence-corrected chi connectivity index (χ4v) is 13.1. The molecular weight excluding hydrogens is 1130 g/mol. The second-order valence-electron chi connectivity index (χ2n) is 28.2. The molecule has 1 amide bonds. The number of hydrogen-bond donors (Lipinski definition) is 6. The molecule has 538 valence electrons. The molecule has 1 aliphatic heterocycles. The van der Waals surface area contributed by atoms with Crippen molar-refractivity contribution in [1.29, 1.82) is 0 Å². The summed E-state index contributed by atoms with van der Waals surface area (Å²) in [5, 5.41) is 57.5. The van der Waals surface area contributed by atoms with Crippen molar-refractivity contribution in [2.75, 3.05) is 13.2 Å². The van der Waals surface area contributed by atoms with Crippen LogP contribution in [0.15, 0.2) is 24.3 Å². The van der Waals surface area contributed by atoms with E-state index in [0.717, 1.165) is 57.8 Å². The first kappa shape index (κ1) is 87.2. The molecule has 11 nitrogen and oxygen atoms in total. The van der Waals surface area contributed by atoms with E-state index in [2.05, 4.69) is 38.2 Å². The Hall–Kier alpha value is -1.86. The fourth-order valence-electron chi connectivity index (χ4n) is 13.1. The number of aliphatic hydroxyl groups is 5. The van der Waals surface area contributed by atoms with E-state index in [-0.39, 0.29) is 13.0 Å². The number of hydrogen-bond acceptors (Lipinski definition) is 10. The van der Waals surface area contributed by atoms with Crippen LogP contribution in [0.5, 0.6) is 0 Å². The molecule has 0 aromatic rings. The quantitative estimate of drug-likeness (QED) is 0.0195. The monoisotopic (exact) mass is 1290 g/mol. The van der Waals surface area contributed by atoms with Crippen molar-refractivity contribution in [2.45, 2.75) is 461 Å². The van der Waals surface area contributed by atoms with Crippen molar-refractivity contribution in [1.82, 2.24) is 5.32 Å². The minimum absolute atomic E-state index is 0.130. The van der Waals surface area contributed by atoms with Crippen molar-refractivity contribution in [2.24, 2.45) is 0 Å². The lowest BCUT2D eigenvalue weighted by Gasteiger charge is -2.41. The molecule has 91 heavy (non-hydrogen) atoms.